The van der Waals surface area contributed by atoms with Crippen LogP contribution in [0.25, 0.3) is 10.8 Å². The lowest BCUT2D eigenvalue weighted by molar-refractivity contribution is -0.114. The van der Waals surface area contributed by atoms with Crippen molar-refractivity contribution in [3.63, 3.8) is 0 Å². The van der Waals surface area contributed by atoms with Gasteiger partial charge in [-0.2, -0.15) is 0 Å². The van der Waals surface area contributed by atoms with E-state index in [2.05, 4.69) is 17.2 Å². The first-order valence-corrected chi connectivity index (χ1v) is 6.42. The molecule has 2 N–H and O–H groups in total. The van der Waals surface area contributed by atoms with Crippen LogP contribution in [0.5, 0.6) is 0 Å². The Morgan fingerprint density at radius 3 is 2.55 bits per heavy atom. The van der Waals surface area contributed by atoms with E-state index in [1.807, 2.05) is 36.4 Å². The summed E-state index contributed by atoms with van der Waals surface area (Å²) in [6.07, 6.45) is 0. The molecule has 1 amide bonds. The van der Waals surface area contributed by atoms with Gasteiger partial charge in [0, 0.05) is 6.92 Å². The Bertz CT molecular complexity index is 715. The Kier molecular flexibility index (Phi) is 3.78. The van der Waals surface area contributed by atoms with Crippen molar-refractivity contribution in [1.29, 1.82) is 0 Å². The molecule has 2 rings (SSSR count). The van der Waals surface area contributed by atoms with Crippen LogP contribution in [0.4, 0.5) is 5.69 Å². The molecule has 0 spiro atoms. The van der Waals surface area contributed by atoms with E-state index in [-0.39, 0.29) is 5.91 Å². The molecule has 0 unspecified atom stereocenters. The molecular weight excluding hydrogens is 250 g/mol. The van der Waals surface area contributed by atoms with Crippen molar-refractivity contribution in [2.45, 2.75) is 26.4 Å². The molecule has 0 heterocycles. The lowest BCUT2D eigenvalue weighted by Gasteiger charge is -2.10. The van der Waals surface area contributed by atoms with Crippen LogP contribution in [0.3, 0.4) is 0 Å². The van der Waals surface area contributed by atoms with Crippen molar-refractivity contribution < 1.29 is 9.90 Å². The van der Waals surface area contributed by atoms with Crippen molar-refractivity contribution >= 4 is 22.4 Å². The van der Waals surface area contributed by atoms with Gasteiger partial charge in [-0.25, -0.2) is 0 Å². The maximum Gasteiger partial charge on any atom is 0.221 e. The molecule has 0 fully saturated rings. The zero-order valence-corrected chi connectivity index (χ0v) is 11.8. The second kappa shape index (κ2) is 5.36. The first kappa shape index (κ1) is 14.1. The van der Waals surface area contributed by atoms with Gasteiger partial charge in [0.25, 0.3) is 0 Å². The predicted molar refractivity (Wildman–Crippen MR) is 81.4 cm³/mol. The summed E-state index contributed by atoms with van der Waals surface area (Å²) < 4.78 is 0. The molecule has 0 radical (unpaired) electrons. The number of hydrogen-bond acceptors (Lipinski definition) is 2. The molecule has 0 aliphatic heterocycles. The second-order valence-electron chi connectivity index (χ2n) is 5.20. The van der Waals surface area contributed by atoms with E-state index in [0.29, 0.717) is 5.69 Å². The van der Waals surface area contributed by atoms with Crippen molar-refractivity contribution in [1.82, 2.24) is 0 Å². The average molecular weight is 267 g/mol. The normalized spacial score (nSPS) is 10.8. The molecule has 0 aliphatic carbocycles. The van der Waals surface area contributed by atoms with Crippen molar-refractivity contribution in [2.24, 2.45) is 0 Å². The monoisotopic (exact) mass is 267 g/mol. The summed E-state index contributed by atoms with van der Waals surface area (Å²) in [6.45, 7) is 4.72. The zero-order valence-electron chi connectivity index (χ0n) is 11.8. The third-order valence-corrected chi connectivity index (χ3v) is 2.73. The highest BCUT2D eigenvalue weighted by atomic mass is 16.3. The summed E-state index contributed by atoms with van der Waals surface area (Å²) in [5, 5.41) is 14.5. The Morgan fingerprint density at radius 1 is 1.20 bits per heavy atom. The number of benzene rings is 2. The smallest absolute Gasteiger partial charge is 0.221 e. The molecule has 3 nitrogen and oxygen atoms in total. The lowest BCUT2D eigenvalue weighted by atomic mass is 10.0. The molecule has 0 aliphatic rings. The topological polar surface area (TPSA) is 49.3 Å². The summed E-state index contributed by atoms with van der Waals surface area (Å²) >= 11 is 0. The highest BCUT2D eigenvalue weighted by Crippen LogP contribution is 2.25. The van der Waals surface area contributed by atoms with Gasteiger partial charge in [-0.15, -0.1) is 0 Å². The van der Waals surface area contributed by atoms with E-state index in [9.17, 15) is 9.90 Å². The fourth-order valence-electron chi connectivity index (χ4n) is 1.92. The van der Waals surface area contributed by atoms with Gasteiger partial charge < -0.3 is 10.4 Å². The van der Waals surface area contributed by atoms with Gasteiger partial charge in [-0.05, 0) is 30.7 Å². The van der Waals surface area contributed by atoms with Crippen LogP contribution in [0.2, 0.25) is 0 Å². The van der Waals surface area contributed by atoms with Crippen LogP contribution in [0.15, 0.2) is 36.4 Å². The molecule has 0 saturated carbocycles. The minimum absolute atomic E-state index is 0.147. The Morgan fingerprint density at radius 2 is 1.90 bits per heavy atom. The molecule has 20 heavy (non-hydrogen) atoms. The standard InChI is InChI=1S/C17H17NO2/c1-12(19)18-16-9-8-13-6-4-5-7-14(13)15(16)10-11-17(2,3)20/h4-9,20H,1-3H3,(H,18,19). The predicted octanol–water partition coefficient (Wildman–Crippen LogP) is 2.92. The molecule has 3 heteroatoms. The first-order valence-electron chi connectivity index (χ1n) is 6.42. The van der Waals surface area contributed by atoms with E-state index in [1.54, 1.807) is 13.8 Å². The number of amides is 1. The van der Waals surface area contributed by atoms with Crippen LogP contribution >= 0.6 is 0 Å². The molecule has 102 valence electrons. The Balaban J connectivity index is 2.66. The number of fused-ring (bicyclic) bond motifs is 1. The van der Waals surface area contributed by atoms with E-state index >= 15 is 0 Å². The third-order valence-electron chi connectivity index (χ3n) is 2.73. The van der Waals surface area contributed by atoms with Crippen molar-refractivity contribution in [3.8, 4) is 11.8 Å². The van der Waals surface area contributed by atoms with E-state index in [1.165, 1.54) is 6.92 Å². The largest absolute Gasteiger partial charge is 0.378 e. The summed E-state index contributed by atoms with van der Waals surface area (Å²) in [5.41, 5.74) is 0.304. The van der Waals surface area contributed by atoms with Gasteiger partial charge in [0.15, 0.2) is 0 Å². The average Bonchev–Trinajstić information content (AvgIpc) is 2.35. The highest BCUT2D eigenvalue weighted by Gasteiger charge is 2.09. The number of carbonyl (C=O) groups excluding carboxylic acids is 1. The van der Waals surface area contributed by atoms with Gasteiger partial charge in [-0.3, -0.25) is 4.79 Å². The molecule has 2 aromatic carbocycles. The lowest BCUT2D eigenvalue weighted by Crippen LogP contribution is -2.14. The van der Waals surface area contributed by atoms with Crippen LogP contribution in [0.1, 0.15) is 26.3 Å². The molecule has 0 aromatic heterocycles. The zero-order chi connectivity index (χ0) is 14.8. The third kappa shape index (κ3) is 3.37. The van der Waals surface area contributed by atoms with Crippen LogP contribution in [-0.4, -0.2) is 16.6 Å². The number of nitrogens with one attached hydrogen (secondary N) is 1. The first-order chi connectivity index (χ1) is 9.37. The summed E-state index contributed by atoms with van der Waals surface area (Å²) in [7, 11) is 0. The van der Waals surface area contributed by atoms with E-state index in [4.69, 9.17) is 0 Å². The van der Waals surface area contributed by atoms with Crippen LogP contribution in [0, 0.1) is 11.8 Å². The molecule has 0 bridgehead atoms. The maximum absolute atomic E-state index is 11.3. The number of carbonyl (C=O) groups is 1. The van der Waals surface area contributed by atoms with Crippen molar-refractivity contribution in [2.75, 3.05) is 5.32 Å². The fourth-order valence-corrected chi connectivity index (χ4v) is 1.92. The van der Waals surface area contributed by atoms with E-state index in [0.717, 1.165) is 16.3 Å². The highest BCUT2D eigenvalue weighted by molar-refractivity contribution is 5.98. The van der Waals surface area contributed by atoms with Gasteiger partial charge in [0.2, 0.25) is 5.91 Å². The van der Waals surface area contributed by atoms with Gasteiger partial charge in [0.1, 0.15) is 5.60 Å². The number of anilines is 1. The SMILES string of the molecule is CC(=O)Nc1ccc2ccccc2c1C#CC(C)(C)O. The van der Waals surface area contributed by atoms with Crippen molar-refractivity contribution in [3.05, 3.63) is 42.0 Å². The van der Waals surface area contributed by atoms with Gasteiger partial charge in [0.05, 0.1) is 11.3 Å². The Hall–Kier alpha value is -2.31. The summed E-state index contributed by atoms with van der Waals surface area (Å²) in [6, 6.07) is 11.6. The minimum atomic E-state index is -1.08. The molecule has 0 atom stereocenters. The number of hydrogen-bond donors (Lipinski definition) is 2. The second-order valence-corrected chi connectivity index (χ2v) is 5.20. The number of rotatable bonds is 1. The summed E-state index contributed by atoms with van der Waals surface area (Å²) in [4.78, 5) is 11.3. The van der Waals surface area contributed by atoms with Crippen LogP contribution < -0.4 is 5.32 Å². The summed E-state index contributed by atoms with van der Waals surface area (Å²) in [5.74, 6) is 5.64. The van der Waals surface area contributed by atoms with Gasteiger partial charge in [-0.1, -0.05) is 42.2 Å². The van der Waals surface area contributed by atoms with Gasteiger partial charge >= 0.3 is 0 Å². The number of aliphatic hydroxyl groups is 1. The van der Waals surface area contributed by atoms with E-state index < -0.39 is 5.60 Å². The quantitative estimate of drug-likeness (QED) is 0.780. The fraction of sp³-hybridized carbons (Fsp3) is 0.235. The molecule has 0 saturated heterocycles. The Labute approximate surface area is 118 Å². The maximum atomic E-state index is 11.3. The minimum Gasteiger partial charge on any atom is -0.378 e. The molecular formula is C17H17NO2. The van der Waals surface area contributed by atoms with Crippen LogP contribution in [-0.2, 0) is 4.79 Å². The molecule has 2 aromatic rings.